The molecule has 0 radical (unpaired) electrons. The van der Waals surface area contributed by atoms with Crippen LogP contribution >= 0.6 is 15.2 Å². The molecule has 1 rings (SSSR count). The summed E-state index contributed by atoms with van der Waals surface area (Å²) in [6.07, 6.45) is 0. The van der Waals surface area contributed by atoms with E-state index in [1.165, 1.54) is 18.2 Å². The zero-order valence-corrected chi connectivity index (χ0v) is 11.7. The Morgan fingerprint density at radius 3 is 1.85 bits per heavy atom. The van der Waals surface area contributed by atoms with Crippen molar-refractivity contribution in [1.82, 2.24) is 5.32 Å². The third-order valence-electron chi connectivity index (χ3n) is 2.51. The first-order valence-electron chi connectivity index (χ1n) is 5.16. The van der Waals surface area contributed by atoms with E-state index in [-0.39, 0.29) is 0 Å². The van der Waals surface area contributed by atoms with Crippen molar-refractivity contribution in [2.75, 3.05) is 6.54 Å². The molecule has 0 atom stereocenters. The number of hydrogen-bond acceptors (Lipinski definition) is 4. The Morgan fingerprint density at radius 1 is 1.05 bits per heavy atom. The van der Waals surface area contributed by atoms with Gasteiger partial charge in [0, 0.05) is 0 Å². The van der Waals surface area contributed by atoms with Crippen molar-refractivity contribution >= 4 is 21.2 Å². The van der Waals surface area contributed by atoms with Crippen LogP contribution < -0.4 is 5.32 Å². The molecule has 0 aliphatic carbocycles. The molecule has 9 nitrogen and oxygen atoms in total. The van der Waals surface area contributed by atoms with Crippen molar-refractivity contribution in [2.24, 2.45) is 0 Å². The Balaban J connectivity index is 3.56. The van der Waals surface area contributed by atoms with E-state index < -0.39 is 38.3 Å². The minimum atomic E-state index is -5.44. The van der Waals surface area contributed by atoms with Crippen LogP contribution in [0.1, 0.15) is 5.56 Å². The van der Waals surface area contributed by atoms with Crippen LogP contribution in [0.25, 0.3) is 0 Å². The Bertz CT molecular complexity index is 555. The van der Waals surface area contributed by atoms with E-state index in [9.17, 15) is 33.5 Å². The molecule has 1 aromatic rings. The van der Waals surface area contributed by atoms with E-state index in [1.807, 2.05) is 0 Å². The molecule has 0 saturated heterocycles. The van der Waals surface area contributed by atoms with Gasteiger partial charge >= 0.3 is 21.2 Å². The standard InChI is InChI=1S/C9H13NO8P2/c11-8(12)6-10-9(19(13,14)15,20(16,17)18)7-4-2-1-3-5-7/h1-5,10H,6H2,(H,11,12)(H2,13,14,15)(H2,16,17,18). The maximum Gasteiger partial charge on any atom is 0.362 e. The minimum Gasteiger partial charge on any atom is -0.480 e. The highest BCUT2D eigenvalue weighted by Crippen LogP contribution is 2.72. The van der Waals surface area contributed by atoms with Crippen LogP contribution in [0.5, 0.6) is 0 Å². The fourth-order valence-corrected chi connectivity index (χ4v) is 4.58. The molecule has 0 spiro atoms. The van der Waals surface area contributed by atoms with Gasteiger partial charge in [-0.25, -0.2) is 0 Å². The van der Waals surface area contributed by atoms with E-state index in [0.29, 0.717) is 0 Å². The second-order valence-electron chi connectivity index (χ2n) is 3.87. The van der Waals surface area contributed by atoms with Gasteiger partial charge in [-0.05, 0) is 5.56 Å². The fraction of sp³-hybridized carbons (Fsp3) is 0.222. The van der Waals surface area contributed by atoms with Gasteiger partial charge in [0.05, 0.1) is 6.54 Å². The summed E-state index contributed by atoms with van der Waals surface area (Å²) in [5.41, 5.74) is -0.400. The molecular weight excluding hydrogens is 312 g/mol. The second-order valence-corrected chi connectivity index (χ2v) is 7.74. The zero-order valence-electron chi connectivity index (χ0n) is 9.95. The molecule has 0 bridgehead atoms. The molecule has 112 valence electrons. The average molecular weight is 325 g/mol. The van der Waals surface area contributed by atoms with Crippen LogP contribution in [0.4, 0.5) is 0 Å². The van der Waals surface area contributed by atoms with Crippen molar-refractivity contribution in [3.63, 3.8) is 0 Å². The molecule has 11 heteroatoms. The van der Waals surface area contributed by atoms with Crippen LogP contribution in [-0.4, -0.2) is 37.2 Å². The Morgan fingerprint density at radius 2 is 1.50 bits per heavy atom. The average Bonchev–Trinajstić information content (AvgIpc) is 2.27. The SMILES string of the molecule is O=C(O)CNC(c1ccccc1)(P(=O)(O)O)P(=O)(O)O. The Labute approximate surface area is 113 Å². The number of carboxylic acids is 1. The molecule has 0 amide bonds. The van der Waals surface area contributed by atoms with Crippen molar-refractivity contribution in [2.45, 2.75) is 5.02 Å². The van der Waals surface area contributed by atoms with Crippen LogP contribution in [0.3, 0.4) is 0 Å². The highest BCUT2D eigenvalue weighted by atomic mass is 31.2. The lowest BCUT2D eigenvalue weighted by Crippen LogP contribution is -2.44. The molecule has 0 aromatic heterocycles. The minimum absolute atomic E-state index is 0.400. The highest BCUT2D eigenvalue weighted by molar-refractivity contribution is 7.71. The van der Waals surface area contributed by atoms with Crippen molar-refractivity contribution in [3.8, 4) is 0 Å². The van der Waals surface area contributed by atoms with Gasteiger partial charge in [0.1, 0.15) is 0 Å². The summed E-state index contributed by atoms with van der Waals surface area (Å²) < 4.78 is 23.3. The summed E-state index contributed by atoms with van der Waals surface area (Å²) >= 11 is 0. The Kier molecular flexibility index (Phi) is 4.89. The highest BCUT2D eigenvalue weighted by Gasteiger charge is 2.61. The third-order valence-corrected chi connectivity index (χ3v) is 6.59. The molecule has 0 aliphatic heterocycles. The number of rotatable bonds is 6. The topological polar surface area (TPSA) is 164 Å². The number of hydrogen-bond donors (Lipinski definition) is 6. The number of benzene rings is 1. The van der Waals surface area contributed by atoms with E-state index in [0.717, 1.165) is 12.1 Å². The molecule has 6 N–H and O–H groups in total. The molecule has 0 unspecified atom stereocenters. The first-order chi connectivity index (χ1) is 9.02. The summed E-state index contributed by atoms with van der Waals surface area (Å²) in [6, 6.07) is 6.29. The summed E-state index contributed by atoms with van der Waals surface area (Å²) in [5, 5.41) is 7.29. The van der Waals surface area contributed by atoms with Crippen molar-refractivity contribution in [1.29, 1.82) is 0 Å². The smallest absolute Gasteiger partial charge is 0.362 e. The van der Waals surface area contributed by atoms with Crippen molar-refractivity contribution < 1.29 is 38.6 Å². The number of carbonyl (C=O) groups is 1. The van der Waals surface area contributed by atoms with Crippen LogP contribution in [0.15, 0.2) is 30.3 Å². The van der Waals surface area contributed by atoms with E-state index in [2.05, 4.69) is 0 Å². The first-order valence-corrected chi connectivity index (χ1v) is 8.38. The van der Waals surface area contributed by atoms with E-state index >= 15 is 0 Å². The van der Waals surface area contributed by atoms with Gasteiger partial charge in [0.2, 0.25) is 5.02 Å². The van der Waals surface area contributed by atoms with Gasteiger partial charge < -0.3 is 24.7 Å². The van der Waals surface area contributed by atoms with Gasteiger partial charge in [-0.15, -0.1) is 0 Å². The molecule has 0 fully saturated rings. The number of aliphatic carboxylic acids is 1. The third kappa shape index (κ3) is 3.16. The summed E-state index contributed by atoms with van der Waals surface area (Å²) in [5.74, 6) is -1.52. The van der Waals surface area contributed by atoms with Gasteiger partial charge in [0.25, 0.3) is 0 Å². The maximum absolute atomic E-state index is 11.7. The van der Waals surface area contributed by atoms with Gasteiger partial charge in [-0.3, -0.25) is 19.2 Å². The van der Waals surface area contributed by atoms with Crippen LogP contribution in [-0.2, 0) is 18.9 Å². The van der Waals surface area contributed by atoms with E-state index in [4.69, 9.17) is 5.11 Å². The van der Waals surface area contributed by atoms with Crippen LogP contribution in [0.2, 0.25) is 0 Å². The largest absolute Gasteiger partial charge is 0.480 e. The molecular formula is C9H13NO8P2. The maximum atomic E-state index is 11.7. The molecule has 0 aliphatic rings. The molecule has 0 saturated carbocycles. The predicted octanol–water partition coefficient (Wildman–Crippen LogP) is -0.174. The summed E-state index contributed by atoms with van der Waals surface area (Å²) in [6.45, 7) is -1.04. The summed E-state index contributed by atoms with van der Waals surface area (Å²) in [7, 11) is -10.9. The fourth-order valence-electron chi connectivity index (χ4n) is 1.68. The quantitative estimate of drug-likeness (QED) is 0.389. The second kappa shape index (κ2) is 5.75. The van der Waals surface area contributed by atoms with Gasteiger partial charge in [-0.1, -0.05) is 30.3 Å². The van der Waals surface area contributed by atoms with Crippen molar-refractivity contribution in [3.05, 3.63) is 35.9 Å². The molecule has 1 aromatic carbocycles. The predicted molar refractivity (Wildman–Crippen MR) is 67.8 cm³/mol. The van der Waals surface area contributed by atoms with Crippen LogP contribution in [0, 0.1) is 0 Å². The zero-order chi connectivity index (χ0) is 15.6. The lowest BCUT2D eigenvalue weighted by Gasteiger charge is -2.35. The number of nitrogens with one attached hydrogen (secondary N) is 1. The normalized spacial score (nSPS) is 13.2. The van der Waals surface area contributed by atoms with E-state index in [1.54, 1.807) is 5.32 Å². The lowest BCUT2D eigenvalue weighted by molar-refractivity contribution is -0.136. The van der Waals surface area contributed by atoms with Gasteiger partial charge in [-0.2, -0.15) is 0 Å². The monoisotopic (exact) mass is 325 g/mol. The molecule has 0 heterocycles. The first kappa shape index (κ1) is 17.0. The Hall–Kier alpha value is -1.05. The van der Waals surface area contributed by atoms with Gasteiger partial charge in [0.15, 0.2) is 0 Å². The summed E-state index contributed by atoms with van der Waals surface area (Å²) in [4.78, 5) is 48.1. The molecule has 20 heavy (non-hydrogen) atoms. The number of carboxylic acid groups (broad SMARTS) is 1. The lowest BCUT2D eigenvalue weighted by atomic mass is 10.2.